The van der Waals surface area contributed by atoms with E-state index in [-0.39, 0.29) is 24.5 Å². The molecule has 0 unspecified atom stereocenters. The molecule has 21 heavy (non-hydrogen) atoms. The van der Waals surface area contributed by atoms with Crippen molar-refractivity contribution in [3.8, 4) is 0 Å². The molecule has 0 atom stereocenters. The molecule has 0 aliphatic rings. The van der Waals surface area contributed by atoms with Crippen molar-refractivity contribution in [3.05, 3.63) is 35.9 Å². The van der Waals surface area contributed by atoms with Crippen molar-refractivity contribution in [1.82, 2.24) is 9.80 Å². The third kappa shape index (κ3) is 5.85. The number of ether oxygens (including phenoxy) is 1. The fraction of sp³-hybridized carbons (Fsp3) is 0.500. The van der Waals surface area contributed by atoms with Gasteiger partial charge in [0.25, 0.3) is 0 Å². The lowest BCUT2D eigenvalue weighted by molar-refractivity contribution is -0.133. The highest BCUT2D eigenvalue weighted by molar-refractivity contribution is 5.77. The molecular weight excluding hydrogens is 268 g/mol. The molecule has 0 heterocycles. The Bertz CT molecular complexity index is 460. The molecule has 1 aromatic rings. The minimum absolute atomic E-state index is 0.0367. The normalized spacial score (nSPS) is 10.3. The molecule has 0 fully saturated rings. The van der Waals surface area contributed by atoms with Crippen molar-refractivity contribution >= 4 is 12.0 Å². The van der Waals surface area contributed by atoms with Crippen LogP contribution in [0.4, 0.5) is 4.79 Å². The summed E-state index contributed by atoms with van der Waals surface area (Å²) < 4.78 is 5.21. The van der Waals surface area contributed by atoms with Crippen LogP contribution in [-0.4, -0.2) is 49.0 Å². The molecule has 0 aliphatic carbocycles. The largest absolute Gasteiger partial charge is 0.445 e. The zero-order valence-electron chi connectivity index (χ0n) is 13.2. The maximum absolute atomic E-state index is 11.8. The minimum Gasteiger partial charge on any atom is -0.445 e. The second kappa shape index (κ2) is 8.29. The van der Waals surface area contributed by atoms with Gasteiger partial charge in [-0.2, -0.15) is 0 Å². The fourth-order valence-electron chi connectivity index (χ4n) is 1.77. The number of carbonyl (C=O) groups excluding carboxylic acids is 2. The molecule has 0 saturated carbocycles. The molecule has 2 amide bonds. The molecule has 116 valence electrons. The number of hydrogen-bond donors (Lipinski definition) is 0. The van der Waals surface area contributed by atoms with Gasteiger partial charge >= 0.3 is 6.09 Å². The maximum Gasteiger partial charge on any atom is 0.409 e. The van der Waals surface area contributed by atoms with E-state index in [9.17, 15) is 9.59 Å². The zero-order valence-corrected chi connectivity index (χ0v) is 13.2. The molecule has 0 aromatic heterocycles. The second-order valence-electron chi connectivity index (χ2n) is 5.38. The van der Waals surface area contributed by atoms with Crippen molar-refractivity contribution in [3.63, 3.8) is 0 Å². The monoisotopic (exact) mass is 292 g/mol. The Hall–Kier alpha value is -2.04. The van der Waals surface area contributed by atoms with Crippen molar-refractivity contribution in [2.45, 2.75) is 20.5 Å². The topological polar surface area (TPSA) is 49.9 Å². The van der Waals surface area contributed by atoms with E-state index in [1.165, 1.54) is 4.90 Å². The predicted octanol–water partition coefficient (Wildman–Crippen LogP) is 2.37. The molecule has 5 nitrogen and oxygen atoms in total. The lowest BCUT2D eigenvalue weighted by Gasteiger charge is -2.23. The average molecular weight is 292 g/mol. The summed E-state index contributed by atoms with van der Waals surface area (Å²) in [6.45, 7) is 4.91. The van der Waals surface area contributed by atoms with E-state index in [1.807, 2.05) is 44.2 Å². The lowest BCUT2D eigenvalue weighted by atomic mass is 10.2. The van der Waals surface area contributed by atoms with Gasteiger partial charge in [0, 0.05) is 33.1 Å². The summed E-state index contributed by atoms with van der Waals surface area (Å²) in [4.78, 5) is 26.7. The van der Waals surface area contributed by atoms with Crippen LogP contribution in [-0.2, 0) is 16.1 Å². The minimum atomic E-state index is -0.385. The van der Waals surface area contributed by atoms with Crippen molar-refractivity contribution in [2.75, 3.05) is 27.2 Å². The zero-order chi connectivity index (χ0) is 15.8. The number of hydrogen-bond acceptors (Lipinski definition) is 3. The van der Waals surface area contributed by atoms with Crippen LogP contribution in [0, 0.1) is 5.92 Å². The van der Waals surface area contributed by atoms with Gasteiger partial charge in [-0.25, -0.2) is 4.79 Å². The van der Waals surface area contributed by atoms with E-state index in [4.69, 9.17) is 4.74 Å². The van der Waals surface area contributed by atoms with Gasteiger partial charge in [-0.15, -0.1) is 0 Å². The third-order valence-electron chi connectivity index (χ3n) is 3.16. The first-order valence-corrected chi connectivity index (χ1v) is 7.08. The van der Waals surface area contributed by atoms with Gasteiger partial charge in [-0.05, 0) is 5.56 Å². The van der Waals surface area contributed by atoms with Crippen LogP contribution in [0.3, 0.4) is 0 Å². The van der Waals surface area contributed by atoms with Crippen LogP contribution in [0.2, 0.25) is 0 Å². The Morgan fingerprint density at radius 3 is 2.19 bits per heavy atom. The van der Waals surface area contributed by atoms with Gasteiger partial charge in [0.15, 0.2) is 0 Å². The summed E-state index contributed by atoms with van der Waals surface area (Å²) >= 11 is 0. The molecule has 0 radical (unpaired) electrons. The molecule has 5 heteroatoms. The van der Waals surface area contributed by atoms with Gasteiger partial charge in [0.2, 0.25) is 5.91 Å². The summed E-state index contributed by atoms with van der Waals surface area (Å²) in [5.74, 6) is 0.0337. The number of amides is 2. The summed E-state index contributed by atoms with van der Waals surface area (Å²) in [6, 6.07) is 9.53. The SMILES string of the molecule is CC(C)C(=O)N(C)CCN(C)C(=O)OCc1ccccc1. The fourth-order valence-corrected chi connectivity index (χ4v) is 1.77. The average Bonchev–Trinajstić information content (AvgIpc) is 2.49. The molecule has 0 bridgehead atoms. The summed E-state index contributed by atoms with van der Waals surface area (Å²) in [7, 11) is 3.41. The van der Waals surface area contributed by atoms with E-state index in [0.29, 0.717) is 13.1 Å². The van der Waals surface area contributed by atoms with Gasteiger partial charge in [0.1, 0.15) is 6.61 Å². The van der Waals surface area contributed by atoms with Crippen LogP contribution in [0.15, 0.2) is 30.3 Å². The molecule has 0 N–H and O–H groups in total. The molecule has 0 spiro atoms. The van der Waals surface area contributed by atoms with Gasteiger partial charge in [-0.1, -0.05) is 44.2 Å². The summed E-state index contributed by atoms with van der Waals surface area (Å²) in [5.41, 5.74) is 0.950. The van der Waals surface area contributed by atoms with Gasteiger partial charge in [0.05, 0.1) is 0 Å². The van der Waals surface area contributed by atoms with E-state index >= 15 is 0 Å². The number of carbonyl (C=O) groups is 2. The number of likely N-dealkylation sites (N-methyl/N-ethyl adjacent to an activating group) is 2. The molecule has 1 aromatic carbocycles. The smallest absolute Gasteiger partial charge is 0.409 e. The highest BCUT2D eigenvalue weighted by atomic mass is 16.6. The summed E-state index contributed by atoms with van der Waals surface area (Å²) in [5, 5.41) is 0. The first-order chi connectivity index (χ1) is 9.91. The van der Waals surface area contributed by atoms with Crippen molar-refractivity contribution in [2.24, 2.45) is 5.92 Å². The number of rotatable bonds is 6. The Balaban J connectivity index is 2.33. The van der Waals surface area contributed by atoms with Crippen LogP contribution < -0.4 is 0 Å². The van der Waals surface area contributed by atoms with Crippen molar-refractivity contribution in [1.29, 1.82) is 0 Å². The van der Waals surface area contributed by atoms with Crippen LogP contribution in [0.5, 0.6) is 0 Å². The van der Waals surface area contributed by atoms with Gasteiger partial charge in [-0.3, -0.25) is 4.79 Å². The Morgan fingerprint density at radius 2 is 1.62 bits per heavy atom. The van der Waals surface area contributed by atoms with Crippen molar-refractivity contribution < 1.29 is 14.3 Å². The van der Waals surface area contributed by atoms with E-state index in [2.05, 4.69) is 0 Å². The number of benzene rings is 1. The molecule has 0 saturated heterocycles. The van der Waals surface area contributed by atoms with E-state index in [1.54, 1.807) is 19.0 Å². The predicted molar refractivity (Wildman–Crippen MR) is 81.7 cm³/mol. The summed E-state index contributed by atoms with van der Waals surface area (Å²) in [6.07, 6.45) is -0.385. The Kier molecular flexibility index (Phi) is 6.72. The van der Waals surface area contributed by atoms with E-state index < -0.39 is 0 Å². The highest BCUT2D eigenvalue weighted by Crippen LogP contribution is 2.03. The van der Waals surface area contributed by atoms with Crippen LogP contribution >= 0.6 is 0 Å². The molecule has 0 aliphatic heterocycles. The molecule has 1 rings (SSSR count). The standard InChI is InChI=1S/C16H24N2O3/c1-13(2)15(19)17(3)10-11-18(4)16(20)21-12-14-8-6-5-7-9-14/h5-9,13H,10-12H2,1-4H3. The van der Waals surface area contributed by atoms with Crippen LogP contribution in [0.1, 0.15) is 19.4 Å². The quantitative estimate of drug-likeness (QED) is 0.809. The lowest BCUT2D eigenvalue weighted by Crippen LogP contribution is -2.39. The first kappa shape index (κ1) is 17.0. The molecular formula is C16H24N2O3. The maximum atomic E-state index is 11.8. The first-order valence-electron chi connectivity index (χ1n) is 7.08. The van der Waals surface area contributed by atoms with Gasteiger partial charge < -0.3 is 14.5 Å². The Morgan fingerprint density at radius 1 is 1.05 bits per heavy atom. The highest BCUT2D eigenvalue weighted by Gasteiger charge is 2.15. The second-order valence-corrected chi connectivity index (χ2v) is 5.38. The third-order valence-corrected chi connectivity index (χ3v) is 3.16. The number of nitrogens with zero attached hydrogens (tertiary/aromatic N) is 2. The van der Waals surface area contributed by atoms with Crippen LogP contribution in [0.25, 0.3) is 0 Å². The van der Waals surface area contributed by atoms with E-state index in [0.717, 1.165) is 5.56 Å². The Labute approximate surface area is 126 Å².